The van der Waals surface area contributed by atoms with Crippen molar-refractivity contribution in [2.24, 2.45) is 0 Å². The summed E-state index contributed by atoms with van der Waals surface area (Å²) < 4.78 is 5.23. The molecule has 0 saturated carbocycles. The van der Waals surface area contributed by atoms with Crippen LogP contribution in [0.2, 0.25) is 0 Å². The monoisotopic (exact) mass is 436 g/mol. The van der Waals surface area contributed by atoms with Crippen LogP contribution in [0.4, 0.5) is 5.69 Å². The van der Waals surface area contributed by atoms with Crippen molar-refractivity contribution in [1.29, 1.82) is 0 Å². The topological polar surface area (TPSA) is 48.9 Å². The molecule has 1 aliphatic rings. The zero-order chi connectivity index (χ0) is 21.6. The van der Waals surface area contributed by atoms with Crippen LogP contribution in [0, 0.1) is 0 Å². The van der Waals surface area contributed by atoms with E-state index in [-0.39, 0.29) is 5.91 Å². The highest BCUT2D eigenvalue weighted by atomic mass is 32.1. The second kappa shape index (κ2) is 9.94. The molecule has 1 amide bonds. The van der Waals surface area contributed by atoms with Gasteiger partial charge in [0.15, 0.2) is 0 Å². The first-order chi connectivity index (χ1) is 15.1. The summed E-state index contributed by atoms with van der Waals surface area (Å²) in [6.07, 6.45) is 0. The number of rotatable bonds is 7. The maximum absolute atomic E-state index is 12.7. The highest BCUT2D eigenvalue weighted by molar-refractivity contribution is 7.13. The first-order valence-corrected chi connectivity index (χ1v) is 11.4. The molecule has 0 N–H and O–H groups in total. The second-order valence-electron chi connectivity index (χ2n) is 7.72. The number of anilines is 1. The van der Waals surface area contributed by atoms with E-state index >= 15 is 0 Å². The lowest BCUT2D eigenvalue weighted by Gasteiger charge is -2.35. The van der Waals surface area contributed by atoms with E-state index in [1.807, 2.05) is 71.4 Å². The SMILES string of the molecule is COc1ccc(-c2nc(CN3CCN(C(=O)CN(C)c4ccccc4)CC3)cs2)cc1. The molecule has 0 unspecified atom stereocenters. The molecule has 0 spiro atoms. The van der Waals surface area contributed by atoms with Gasteiger partial charge < -0.3 is 14.5 Å². The minimum Gasteiger partial charge on any atom is -0.497 e. The van der Waals surface area contributed by atoms with E-state index in [1.165, 1.54) is 0 Å². The molecule has 4 rings (SSSR count). The lowest BCUT2D eigenvalue weighted by atomic mass is 10.2. The molecule has 0 radical (unpaired) electrons. The van der Waals surface area contributed by atoms with Crippen molar-refractivity contribution in [3.8, 4) is 16.3 Å². The van der Waals surface area contributed by atoms with Gasteiger partial charge in [-0.2, -0.15) is 0 Å². The minimum atomic E-state index is 0.182. The van der Waals surface area contributed by atoms with Crippen molar-refractivity contribution in [2.45, 2.75) is 6.54 Å². The average molecular weight is 437 g/mol. The molecule has 2 heterocycles. The largest absolute Gasteiger partial charge is 0.497 e. The molecule has 3 aromatic rings. The Morgan fingerprint density at radius 2 is 1.77 bits per heavy atom. The maximum atomic E-state index is 12.7. The van der Waals surface area contributed by atoms with E-state index in [9.17, 15) is 4.79 Å². The fourth-order valence-corrected chi connectivity index (χ4v) is 4.52. The zero-order valence-electron chi connectivity index (χ0n) is 18.0. The molecular weight excluding hydrogens is 408 g/mol. The van der Waals surface area contributed by atoms with Gasteiger partial charge in [0.25, 0.3) is 0 Å². The first kappa shape index (κ1) is 21.3. The highest BCUT2D eigenvalue weighted by Crippen LogP contribution is 2.26. The van der Waals surface area contributed by atoms with E-state index in [0.29, 0.717) is 6.54 Å². The van der Waals surface area contributed by atoms with Crippen LogP contribution in [0.1, 0.15) is 5.69 Å². The molecule has 1 saturated heterocycles. The van der Waals surface area contributed by atoms with Crippen LogP contribution in [0.3, 0.4) is 0 Å². The van der Waals surface area contributed by atoms with E-state index in [1.54, 1.807) is 18.4 Å². The molecule has 1 fully saturated rings. The molecular formula is C24H28N4O2S. The maximum Gasteiger partial charge on any atom is 0.242 e. The predicted molar refractivity (Wildman–Crippen MR) is 126 cm³/mol. The number of hydrogen-bond acceptors (Lipinski definition) is 6. The van der Waals surface area contributed by atoms with Crippen LogP contribution in [-0.2, 0) is 11.3 Å². The predicted octanol–water partition coefficient (Wildman–Crippen LogP) is 3.60. The Balaban J connectivity index is 1.26. The van der Waals surface area contributed by atoms with Crippen molar-refractivity contribution >= 4 is 22.9 Å². The van der Waals surface area contributed by atoms with Crippen molar-refractivity contribution < 1.29 is 9.53 Å². The van der Waals surface area contributed by atoms with Crippen molar-refractivity contribution in [3.05, 3.63) is 65.7 Å². The number of methoxy groups -OCH3 is 1. The Morgan fingerprint density at radius 3 is 2.45 bits per heavy atom. The van der Waals surface area contributed by atoms with Crippen LogP contribution in [0.25, 0.3) is 10.6 Å². The van der Waals surface area contributed by atoms with Gasteiger partial charge in [0, 0.05) is 56.4 Å². The van der Waals surface area contributed by atoms with Gasteiger partial charge in [-0.25, -0.2) is 4.98 Å². The second-order valence-corrected chi connectivity index (χ2v) is 8.58. The lowest BCUT2D eigenvalue weighted by Crippen LogP contribution is -2.50. The number of thiazole rings is 1. The molecule has 0 bridgehead atoms. The fourth-order valence-electron chi connectivity index (χ4n) is 3.71. The molecule has 1 aliphatic heterocycles. The van der Waals surface area contributed by atoms with Crippen molar-refractivity contribution in [3.63, 3.8) is 0 Å². The summed E-state index contributed by atoms with van der Waals surface area (Å²) in [5.41, 5.74) is 3.25. The minimum absolute atomic E-state index is 0.182. The number of nitrogens with zero attached hydrogens (tertiary/aromatic N) is 4. The standard InChI is InChI=1S/C24H28N4O2S/c1-26(21-6-4-3-5-7-21)17-23(29)28-14-12-27(13-15-28)16-20-18-31-24(25-20)19-8-10-22(30-2)11-9-19/h3-11,18H,12-17H2,1-2H3. The summed E-state index contributed by atoms with van der Waals surface area (Å²) in [6.45, 7) is 4.49. The number of hydrogen-bond donors (Lipinski definition) is 0. The van der Waals surface area contributed by atoms with Gasteiger partial charge in [-0.1, -0.05) is 18.2 Å². The van der Waals surface area contributed by atoms with E-state index in [4.69, 9.17) is 9.72 Å². The van der Waals surface area contributed by atoms with Crippen molar-refractivity contribution in [1.82, 2.24) is 14.8 Å². The van der Waals surface area contributed by atoms with E-state index in [0.717, 1.165) is 60.4 Å². The van der Waals surface area contributed by atoms with Gasteiger partial charge in [0.05, 0.1) is 19.3 Å². The number of carbonyl (C=O) groups excluding carboxylic acids is 1. The fraction of sp³-hybridized carbons (Fsp3) is 0.333. The Kier molecular flexibility index (Phi) is 6.84. The summed E-state index contributed by atoms with van der Waals surface area (Å²) in [4.78, 5) is 23.9. The average Bonchev–Trinajstić information content (AvgIpc) is 3.28. The number of likely N-dealkylation sites (N-methyl/N-ethyl adjacent to an activating group) is 1. The third-order valence-electron chi connectivity index (χ3n) is 5.57. The molecule has 6 nitrogen and oxygen atoms in total. The molecule has 162 valence electrons. The molecule has 0 atom stereocenters. The summed E-state index contributed by atoms with van der Waals surface area (Å²) >= 11 is 1.67. The Hall–Kier alpha value is -2.90. The Labute approximate surface area is 187 Å². The van der Waals surface area contributed by atoms with Crippen LogP contribution >= 0.6 is 11.3 Å². The smallest absolute Gasteiger partial charge is 0.242 e. The van der Waals surface area contributed by atoms with Gasteiger partial charge in [0.2, 0.25) is 5.91 Å². The molecule has 1 aromatic heterocycles. The number of amides is 1. The first-order valence-electron chi connectivity index (χ1n) is 10.5. The number of ether oxygens (including phenoxy) is 1. The summed E-state index contributed by atoms with van der Waals surface area (Å²) in [5, 5.41) is 3.15. The lowest BCUT2D eigenvalue weighted by molar-refractivity contribution is -0.131. The van der Waals surface area contributed by atoms with Crippen LogP contribution < -0.4 is 9.64 Å². The normalized spacial score (nSPS) is 14.5. The number of aromatic nitrogens is 1. The quantitative estimate of drug-likeness (QED) is 0.566. The molecule has 0 aliphatic carbocycles. The van der Waals surface area contributed by atoms with Gasteiger partial charge >= 0.3 is 0 Å². The van der Waals surface area contributed by atoms with Crippen LogP contribution in [0.5, 0.6) is 5.75 Å². The highest BCUT2D eigenvalue weighted by Gasteiger charge is 2.22. The van der Waals surface area contributed by atoms with Gasteiger partial charge in [-0.3, -0.25) is 9.69 Å². The van der Waals surface area contributed by atoms with Crippen molar-refractivity contribution in [2.75, 3.05) is 51.8 Å². The number of para-hydroxylation sites is 1. The summed E-state index contributed by atoms with van der Waals surface area (Å²) in [6, 6.07) is 18.0. The third-order valence-corrected chi connectivity index (χ3v) is 6.51. The zero-order valence-corrected chi connectivity index (χ0v) is 18.8. The molecule has 31 heavy (non-hydrogen) atoms. The van der Waals surface area contributed by atoms with Gasteiger partial charge in [-0.15, -0.1) is 11.3 Å². The van der Waals surface area contributed by atoms with Gasteiger partial charge in [-0.05, 0) is 36.4 Å². The summed E-state index contributed by atoms with van der Waals surface area (Å²) in [5.74, 6) is 1.03. The van der Waals surface area contributed by atoms with E-state index < -0.39 is 0 Å². The number of benzene rings is 2. The van der Waals surface area contributed by atoms with Gasteiger partial charge in [0.1, 0.15) is 10.8 Å². The molecule has 2 aromatic carbocycles. The Morgan fingerprint density at radius 1 is 1.06 bits per heavy atom. The third kappa shape index (κ3) is 5.42. The van der Waals surface area contributed by atoms with Crippen LogP contribution in [-0.4, -0.2) is 67.6 Å². The van der Waals surface area contributed by atoms with E-state index in [2.05, 4.69) is 10.3 Å². The summed E-state index contributed by atoms with van der Waals surface area (Å²) in [7, 11) is 3.64. The molecule has 7 heteroatoms. The Bertz CT molecular complexity index is 982. The van der Waals surface area contributed by atoms with Crippen LogP contribution in [0.15, 0.2) is 60.0 Å². The number of carbonyl (C=O) groups is 1. The number of piperazine rings is 1.